The van der Waals surface area contributed by atoms with Crippen LogP contribution in [0.15, 0.2) is 48.8 Å². The van der Waals surface area contributed by atoms with E-state index in [0.29, 0.717) is 5.69 Å². The Morgan fingerprint density at radius 2 is 1.83 bits per heavy atom. The molecule has 6 nitrogen and oxygen atoms in total. The van der Waals surface area contributed by atoms with E-state index in [-0.39, 0.29) is 5.75 Å². The maximum absolute atomic E-state index is 11.8. The number of nitrogens with zero attached hydrogens (tertiary/aromatic N) is 2. The van der Waals surface area contributed by atoms with Crippen molar-refractivity contribution in [3.05, 3.63) is 48.8 Å². The first-order valence-corrected chi connectivity index (χ1v) is 7.58. The predicted molar refractivity (Wildman–Crippen MR) is 92.1 cm³/mol. The van der Waals surface area contributed by atoms with Crippen LogP contribution in [-0.2, 0) is 4.74 Å². The Morgan fingerprint density at radius 1 is 1.12 bits per heavy atom. The summed E-state index contributed by atoms with van der Waals surface area (Å²) in [6, 6.07) is 10.4. The molecule has 0 fully saturated rings. The van der Waals surface area contributed by atoms with Crippen molar-refractivity contribution in [2.75, 3.05) is 5.32 Å². The minimum Gasteiger partial charge on any atom is -0.508 e. The maximum atomic E-state index is 11.8. The molecular weight excluding hydrogens is 306 g/mol. The van der Waals surface area contributed by atoms with Gasteiger partial charge in [-0.1, -0.05) is 0 Å². The number of carbonyl (C=O) groups excluding carboxylic acids is 1. The molecular formula is C18H19N3O3. The van der Waals surface area contributed by atoms with Gasteiger partial charge in [-0.15, -0.1) is 0 Å². The van der Waals surface area contributed by atoms with Gasteiger partial charge in [0.05, 0.1) is 11.4 Å². The van der Waals surface area contributed by atoms with Crippen LogP contribution < -0.4 is 5.32 Å². The van der Waals surface area contributed by atoms with E-state index in [1.165, 1.54) is 0 Å². The van der Waals surface area contributed by atoms with Crippen LogP contribution >= 0.6 is 0 Å². The summed E-state index contributed by atoms with van der Waals surface area (Å²) in [4.78, 5) is 16.4. The van der Waals surface area contributed by atoms with Crippen molar-refractivity contribution in [3.8, 4) is 17.0 Å². The minimum absolute atomic E-state index is 0.214. The van der Waals surface area contributed by atoms with Gasteiger partial charge in [-0.2, -0.15) is 0 Å². The summed E-state index contributed by atoms with van der Waals surface area (Å²) in [6.45, 7) is 5.45. The van der Waals surface area contributed by atoms with E-state index in [0.717, 1.165) is 16.9 Å². The molecule has 0 unspecified atom stereocenters. The second-order valence-corrected chi connectivity index (χ2v) is 6.48. The number of aromatic nitrogens is 2. The smallest absolute Gasteiger partial charge is 0.412 e. The lowest BCUT2D eigenvalue weighted by Crippen LogP contribution is -2.27. The van der Waals surface area contributed by atoms with Gasteiger partial charge in [0.25, 0.3) is 0 Å². The summed E-state index contributed by atoms with van der Waals surface area (Å²) in [6.07, 6.45) is 3.14. The van der Waals surface area contributed by atoms with E-state index < -0.39 is 11.7 Å². The summed E-state index contributed by atoms with van der Waals surface area (Å²) in [5.41, 5.74) is 2.51. The highest BCUT2D eigenvalue weighted by Crippen LogP contribution is 2.22. The number of rotatable bonds is 2. The molecule has 2 aromatic heterocycles. The Hall–Kier alpha value is -3.02. The lowest BCUT2D eigenvalue weighted by Gasteiger charge is -2.19. The topological polar surface area (TPSA) is 75.9 Å². The monoisotopic (exact) mass is 325 g/mol. The zero-order valence-corrected chi connectivity index (χ0v) is 13.8. The normalized spacial score (nSPS) is 11.5. The lowest BCUT2D eigenvalue weighted by atomic mass is 10.2. The molecule has 1 amide bonds. The van der Waals surface area contributed by atoms with Crippen molar-refractivity contribution >= 4 is 17.4 Å². The summed E-state index contributed by atoms with van der Waals surface area (Å²) >= 11 is 0. The summed E-state index contributed by atoms with van der Waals surface area (Å²) in [7, 11) is 0. The molecule has 3 rings (SSSR count). The Bertz CT molecular complexity index is 877. The van der Waals surface area contributed by atoms with E-state index >= 15 is 0 Å². The number of ether oxygens (including phenoxy) is 1. The highest BCUT2D eigenvalue weighted by molar-refractivity contribution is 5.85. The number of pyridine rings is 1. The van der Waals surface area contributed by atoms with Crippen LogP contribution in [0.5, 0.6) is 5.75 Å². The summed E-state index contributed by atoms with van der Waals surface area (Å²) in [5, 5.41) is 12.1. The molecule has 6 heteroatoms. The van der Waals surface area contributed by atoms with Crippen molar-refractivity contribution in [3.63, 3.8) is 0 Å². The van der Waals surface area contributed by atoms with Crippen molar-refractivity contribution in [1.29, 1.82) is 0 Å². The van der Waals surface area contributed by atoms with Gasteiger partial charge in [0.1, 0.15) is 17.0 Å². The Morgan fingerprint density at radius 3 is 2.50 bits per heavy atom. The third-order valence-electron chi connectivity index (χ3n) is 3.26. The zero-order chi connectivity index (χ0) is 17.3. The Kier molecular flexibility index (Phi) is 3.89. The van der Waals surface area contributed by atoms with Crippen LogP contribution in [0.2, 0.25) is 0 Å². The highest BCUT2D eigenvalue weighted by Gasteiger charge is 2.16. The fraction of sp³-hybridized carbons (Fsp3) is 0.222. The minimum atomic E-state index is -0.546. The number of benzene rings is 1. The third-order valence-corrected chi connectivity index (χ3v) is 3.26. The second-order valence-electron chi connectivity index (χ2n) is 6.48. The molecule has 24 heavy (non-hydrogen) atoms. The number of aromatic hydroxyl groups is 1. The van der Waals surface area contributed by atoms with Crippen molar-refractivity contribution in [2.24, 2.45) is 0 Å². The third kappa shape index (κ3) is 3.65. The van der Waals surface area contributed by atoms with Crippen molar-refractivity contribution < 1.29 is 14.6 Å². The molecule has 0 spiro atoms. The van der Waals surface area contributed by atoms with E-state index in [9.17, 15) is 9.90 Å². The van der Waals surface area contributed by atoms with Gasteiger partial charge in [0.2, 0.25) is 0 Å². The van der Waals surface area contributed by atoms with Crippen LogP contribution in [0.3, 0.4) is 0 Å². The van der Waals surface area contributed by atoms with E-state index in [4.69, 9.17) is 4.74 Å². The number of nitrogens with one attached hydrogen (secondary N) is 1. The van der Waals surface area contributed by atoms with Crippen molar-refractivity contribution in [2.45, 2.75) is 26.4 Å². The van der Waals surface area contributed by atoms with E-state index in [1.807, 2.05) is 37.4 Å². The summed E-state index contributed by atoms with van der Waals surface area (Å²) in [5.74, 6) is 0.214. The van der Waals surface area contributed by atoms with Crippen molar-refractivity contribution in [1.82, 2.24) is 9.38 Å². The van der Waals surface area contributed by atoms with Crippen LogP contribution in [-0.4, -0.2) is 26.2 Å². The van der Waals surface area contributed by atoms with Gasteiger partial charge in [-0.3, -0.25) is 5.32 Å². The number of hydrogen-bond acceptors (Lipinski definition) is 4. The average Bonchev–Trinajstić information content (AvgIpc) is 2.89. The van der Waals surface area contributed by atoms with Gasteiger partial charge in [-0.25, -0.2) is 9.78 Å². The SMILES string of the molecule is CC(C)(C)OC(=O)Nc1ccc2nc(-c3ccc(O)cc3)cn2c1. The number of phenols is 1. The molecule has 0 aliphatic rings. The molecule has 3 aromatic rings. The number of hydrogen-bond donors (Lipinski definition) is 2. The van der Waals surface area contributed by atoms with Gasteiger partial charge in [0.15, 0.2) is 0 Å². The molecule has 124 valence electrons. The number of imidazole rings is 1. The van der Waals surface area contributed by atoms with Crippen LogP contribution in [0, 0.1) is 0 Å². The van der Waals surface area contributed by atoms with Crippen LogP contribution in [0.4, 0.5) is 10.5 Å². The molecule has 2 heterocycles. The largest absolute Gasteiger partial charge is 0.508 e. The van der Waals surface area contributed by atoms with E-state index in [2.05, 4.69) is 10.3 Å². The lowest BCUT2D eigenvalue weighted by molar-refractivity contribution is 0.0636. The van der Waals surface area contributed by atoms with Gasteiger partial charge in [-0.05, 0) is 57.2 Å². The Balaban J connectivity index is 1.84. The fourth-order valence-electron chi connectivity index (χ4n) is 2.26. The van der Waals surface area contributed by atoms with Crippen LogP contribution in [0.25, 0.3) is 16.9 Å². The molecule has 0 saturated carbocycles. The molecule has 0 radical (unpaired) electrons. The number of amides is 1. The first kappa shape index (κ1) is 15.9. The van der Waals surface area contributed by atoms with Gasteiger partial charge in [0, 0.05) is 18.0 Å². The number of anilines is 1. The molecule has 0 saturated heterocycles. The molecule has 0 aliphatic carbocycles. The Labute approximate surface area is 139 Å². The molecule has 0 bridgehead atoms. The van der Waals surface area contributed by atoms with Crippen LogP contribution in [0.1, 0.15) is 20.8 Å². The number of phenolic OH excluding ortho intramolecular Hbond substituents is 1. The van der Waals surface area contributed by atoms with Gasteiger partial charge >= 0.3 is 6.09 Å². The standard InChI is InChI=1S/C18H19N3O3/c1-18(2,3)24-17(23)19-13-6-9-16-20-15(11-21(16)10-13)12-4-7-14(22)8-5-12/h4-11,22H,1-3H3,(H,19,23). The summed E-state index contributed by atoms with van der Waals surface area (Å²) < 4.78 is 7.07. The molecule has 2 N–H and O–H groups in total. The predicted octanol–water partition coefficient (Wildman–Crippen LogP) is 4.05. The number of carbonyl (C=O) groups is 1. The quantitative estimate of drug-likeness (QED) is 0.745. The maximum Gasteiger partial charge on any atom is 0.412 e. The molecule has 1 aromatic carbocycles. The van der Waals surface area contributed by atoms with Gasteiger partial charge < -0.3 is 14.2 Å². The second kappa shape index (κ2) is 5.88. The number of fused-ring (bicyclic) bond motifs is 1. The highest BCUT2D eigenvalue weighted by atomic mass is 16.6. The fourth-order valence-corrected chi connectivity index (χ4v) is 2.26. The zero-order valence-electron chi connectivity index (χ0n) is 13.8. The first-order valence-electron chi connectivity index (χ1n) is 7.58. The molecule has 0 atom stereocenters. The molecule has 0 aliphatic heterocycles. The first-order chi connectivity index (χ1) is 11.3. The average molecular weight is 325 g/mol. The van der Waals surface area contributed by atoms with E-state index in [1.54, 1.807) is 36.5 Å².